The number of halogens is 9. The molecule has 0 N–H and O–H groups in total. The third kappa shape index (κ3) is 3.16. The van der Waals surface area contributed by atoms with Crippen molar-refractivity contribution in [2.24, 2.45) is 0 Å². The first-order valence-electron chi connectivity index (χ1n) is 2.56. The van der Waals surface area contributed by atoms with Crippen molar-refractivity contribution in [2.45, 2.75) is 21.0 Å². The zero-order valence-electron chi connectivity index (χ0n) is 5.48. The second kappa shape index (κ2) is 3.77. The maximum atomic E-state index is 11.9. The molecule has 13 heavy (non-hydrogen) atoms. The SMILES string of the molecule is FC(F)(F)[C@@H](Br)[C@@](Cl)(Br)C(F)(F)F. The highest BCUT2D eigenvalue weighted by atomic mass is 79.9. The quantitative estimate of drug-likeness (QED) is 0.487. The summed E-state index contributed by atoms with van der Waals surface area (Å²) in [7, 11) is 0. The summed E-state index contributed by atoms with van der Waals surface area (Å²) in [6.07, 6.45) is -10.3. The first kappa shape index (κ1) is 13.8. The van der Waals surface area contributed by atoms with Crippen LogP contribution in [0, 0.1) is 0 Å². The van der Waals surface area contributed by atoms with Crippen LogP contribution in [0.3, 0.4) is 0 Å². The zero-order valence-corrected chi connectivity index (χ0v) is 9.41. The van der Waals surface area contributed by atoms with Crippen molar-refractivity contribution in [1.82, 2.24) is 0 Å². The summed E-state index contributed by atoms with van der Waals surface area (Å²) < 4.78 is 67.6. The minimum atomic E-state index is -5.21. The van der Waals surface area contributed by atoms with Gasteiger partial charge in [0.25, 0.3) is 0 Å². The van der Waals surface area contributed by atoms with Gasteiger partial charge in [0, 0.05) is 0 Å². The number of alkyl halides is 9. The van der Waals surface area contributed by atoms with Gasteiger partial charge in [0.1, 0.15) is 4.83 Å². The summed E-state index contributed by atoms with van der Waals surface area (Å²) in [6, 6.07) is 0. The van der Waals surface area contributed by atoms with E-state index in [9.17, 15) is 26.3 Å². The van der Waals surface area contributed by atoms with Gasteiger partial charge >= 0.3 is 12.4 Å². The van der Waals surface area contributed by atoms with Gasteiger partial charge in [-0.2, -0.15) is 26.3 Å². The van der Waals surface area contributed by atoms with Gasteiger partial charge in [-0.15, -0.1) is 0 Å². The van der Waals surface area contributed by atoms with Crippen molar-refractivity contribution in [3.8, 4) is 0 Å². The van der Waals surface area contributed by atoms with Gasteiger partial charge in [0.15, 0.2) is 0 Å². The van der Waals surface area contributed by atoms with E-state index in [0.29, 0.717) is 0 Å². The van der Waals surface area contributed by atoms with Crippen molar-refractivity contribution in [3.05, 3.63) is 0 Å². The Morgan fingerprint density at radius 1 is 1.00 bits per heavy atom. The summed E-state index contributed by atoms with van der Waals surface area (Å²) in [5.74, 6) is 0. The highest BCUT2D eigenvalue weighted by Crippen LogP contribution is 2.51. The Kier molecular flexibility index (Phi) is 4.01. The molecule has 0 aromatic rings. The van der Waals surface area contributed by atoms with E-state index in [0.717, 1.165) is 0 Å². The average molecular weight is 358 g/mol. The minimum absolute atomic E-state index is 1.78. The second-order valence-corrected chi connectivity index (χ2v) is 5.24. The standard InChI is InChI=1S/C4HBr2ClF6/c5-1(3(8,9)10)2(6,7)4(11,12)13/h1H/t1-,2-/m0/s1. The molecule has 0 unspecified atom stereocenters. The highest BCUT2D eigenvalue weighted by Gasteiger charge is 2.64. The normalized spacial score (nSPS) is 21.0. The monoisotopic (exact) mass is 356 g/mol. The van der Waals surface area contributed by atoms with E-state index >= 15 is 0 Å². The number of hydrogen-bond acceptors (Lipinski definition) is 0. The van der Waals surface area contributed by atoms with Gasteiger partial charge < -0.3 is 0 Å². The Hall–Kier alpha value is 0.830. The average Bonchev–Trinajstić information content (AvgIpc) is 1.81. The Morgan fingerprint density at radius 3 is 1.38 bits per heavy atom. The molecule has 0 aromatic heterocycles. The van der Waals surface area contributed by atoms with Crippen LogP contribution in [0.5, 0.6) is 0 Å². The summed E-state index contributed by atoms with van der Waals surface area (Å²) in [4.78, 5) is -2.91. The smallest absolute Gasteiger partial charge is 0.170 e. The molecule has 0 spiro atoms. The van der Waals surface area contributed by atoms with Crippen molar-refractivity contribution in [2.75, 3.05) is 0 Å². The predicted octanol–water partition coefficient (Wildman–Crippen LogP) is 4.20. The number of rotatable bonds is 1. The van der Waals surface area contributed by atoms with E-state index < -0.39 is 21.0 Å². The molecule has 0 amide bonds. The first-order chi connectivity index (χ1) is 5.40. The lowest BCUT2D eigenvalue weighted by Crippen LogP contribution is -2.48. The van der Waals surface area contributed by atoms with Gasteiger partial charge in [0.05, 0.1) is 0 Å². The molecule has 0 nitrogen and oxygen atoms in total. The van der Waals surface area contributed by atoms with Crippen LogP contribution in [-0.4, -0.2) is 21.0 Å². The summed E-state index contributed by atoms with van der Waals surface area (Å²) in [6.45, 7) is 0. The third-order valence-corrected chi connectivity index (χ3v) is 4.41. The van der Waals surface area contributed by atoms with Gasteiger partial charge in [0.2, 0.25) is 3.78 Å². The Morgan fingerprint density at radius 2 is 1.31 bits per heavy atom. The molecule has 0 aliphatic heterocycles. The number of hydrogen-bond donors (Lipinski definition) is 0. The zero-order chi connectivity index (χ0) is 11.1. The van der Waals surface area contributed by atoms with Crippen molar-refractivity contribution >= 4 is 43.5 Å². The molecular formula is C4HBr2ClF6. The molecule has 0 aliphatic rings. The van der Waals surface area contributed by atoms with E-state index in [1.165, 1.54) is 0 Å². The Labute approximate surface area is 90.9 Å². The molecular weight excluding hydrogens is 357 g/mol. The summed E-state index contributed by atoms with van der Waals surface area (Å²) in [5.41, 5.74) is 0. The van der Waals surface area contributed by atoms with Crippen LogP contribution >= 0.6 is 43.5 Å². The molecule has 80 valence electrons. The third-order valence-electron chi connectivity index (χ3n) is 0.984. The fourth-order valence-electron chi connectivity index (χ4n) is 0.349. The molecule has 0 aromatic carbocycles. The fourth-order valence-corrected chi connectivity index (χ4v) is 0.992. The Balaban J connectivity index is 4.86. The second-order valence-electron chi connectivity index (χ2n) is 2.02. The van der Waals surface area contributed by atoms with E-state index in [1.807, 2.05) is 15.9 Å². The van der Waals surface area contributed by atoms with Crippen molar-refractivity contribution in [3.63, 3.8) is 0 Å². The molecule has 0 saturated heterocycles. The molecule has 0 heterocycles. The van der Waals surface area contributed by atoms with E-state index in [-0.39, 0.29) is 0 Å². The molecule has 2 atom stereocenters. The van der Waals surface area contributed by atoms with Crippen LogP contribution in [0.1, 0.15) is 0 Å². The topological polar surface area (TPSA) is 0 Å². The van der Waals surface area contributed by atoms with Gasteiger partial charge in [-0.25, -0.2) is 0 Å². The molecule has 9 heteroatoms. The maximum Gasteiger partial charge on any atom is 0.418 e. The van der Waals surface area contributed by atoms with Crippen LogP contribution in [0.4, 0.5) is 26.3 Å². The molecule has 0 bridgehead atoms. The van der Waals surface area contributed by atoms with Crippen LogP contribution in [-0.2, 0) is 0 Å². The van der Waals surface area contributed by atoms with Crippen LogP contribution < -0.4 is 0 Å². The largest absolute Gasteiger partial charge is 0.418 e. The molecule has 0 aliphatic carbocycles. The first-order valence-corrected chi connectivity index (χ1v) is 4.64. The summed E-state index contributed by atoms with van der Waals surface area (Å²) >= 11 is 8.28. The molecule has 0 saturated carbocycles. The summed E-state index contributed by atoms with van der Waals surface area (Å²) in [5, 5.41) is 0. The van der Waals surface area contributed by atoms with Crippen LogP contribution in [0.25, 0.3) is 0 Å². The molecule has 0 fully saturated rings. The molecule has 0 radical (unpaired) electrons. The lowest BCUT2D eigenvalue weighted by molar-refractivity contribution is -0.179. The Bertz CT molecular complexity index is 184. The van der Waals surface area contributed by atoms with E-state index in [2.05, 4.69) is 11.6 Å². The highest BCUT2D eigenvalue weighted by molar-refractivity contribution is 9.13. The van der Waals surface area contributed by atoms with Crippen molar-refractivity contribution < 1.29 is 26.3 Å². The lowest BCUT2D eigenvalue weighted by atomic mass is 10.3. The van der Waals surface area contributed by atoms with Gasteiger partial charge in [-0.05, 0) is 0 Å². The molecule has 0 rings (SSSR count). The van der Waals surface area contributed by atoms with Crippen molar-refractivity contribution in [1.29, 1.82) is 0 Å². The lowest BCUT2D eigenvalue weighted by Gasteiger charge is -2.29. The maximum absolute atomic E-state index is 11.9. The van der Waals surface area contributed by atoms with Crippen LogP contribution in [0.2, 0.25) is 0 Å². The fraction of sp³-hybridized carbons (Fsp3) is 1.00. The van der Waals surface area contributed by atoms with Gasteiger partial charge in [-0.1, -0.05) is 43.5 Å². The van der Waals surface area contributed by atoms with Gasteiger partial charge in [-0.3, -0.25) is 0 Å². The van der Waals surface area contributed by atoms with E-state index in [1.54, 1.807) is 15.9 Å². The minimum Gasteiger partial charge on any atom is -0.170 e. The van der Waals surface area contributed by atoms with E-state index in [4.69, 9.17) is 0 Å². The predicted molar refractivity (Wildman–Crippen MR) is 42.3 cm³/mol. The van der Waals surface area contributed by atoms with Crippen LogP contribution in [0.15, 0.2) is 0 Å².